The van der Waals surface area contributed by atoms with Gasteiger partial charge in [-0.15, -0.1) is 11.8 Å². The van der Waals surface area contributed by atoms with Gasteiger partial charge in [0.2, 0.25) is 5.91 Å². The summed E-state index contributed by atoms with van der Waals surface area (Å²) in [5.41, 5.74) is 5.55. The lowest BCUT2D eigenvalue weighted by Gasteiger charge is -2.25. The van der Waals surface area contributed by atoms with Crippen LogP contribution in [-0.4, -0.2) is 17.6 Å². The maximum absolute atomic E-state index is 12.7. The Labute approximate surface area is 188 Å². The van der Waals surface area contributed by atoms with E-state index in [2.05, 4.69) is 41.2 Å². The second-order valence-electron chi connectivity index (χ2n) is 7.28. The molecule has 1 saturated heterocycles. The Morgan fingerprint density at radius 3 is 2.53 bits per heavy atom. The van der Waals surface area contributed by atoms with Crippen LogP contribution in [0.25, 0.3) is 0 Å². The Kier molecular flexibility index (Phi) is 5.97. The first-order chi connectivity index (χ1) is 14.4. The minimum absolute atomic E-state index is 0.0950. The Balaban J connectivity index is 1.59. The van der Waals surface area contributed by atoms with E-state index in [9.17, 15) is 9.59 Å². The average Bonchev–Trinajstić information content (AvgIpc) is 3.12. The number of rotatable bonds is 4. The van der Waals surface area contributed by atoms with Gasteiger partial charge < -0.3 is 5.32 Å². The average molecular weight is 481 g/mol. The molecule has 1 aliphatic rings. The summed E-state index contributed by atoms with van der Waals surface area (Å²) >= 11 is 4.98. The monoisotopic (exact) mass is 480 g/mol. The standard InChI is InChI=1S/C24H21BrN2O2S/c1-15-6-11-21(12-16(15)2)27-22(28)14-30-24(27)18-4-3-5-20(13-18)26-23(29)17-7-9-19(25)10-8-17/h3-13,24H,14H2,1-2H3,(H,26,29). The van der Waals surface area contributed by atoms with E-state index in [-0.39, 0.29) is 17.2 Å². The van der Waals surface area contributed by atoms with Gasteiger partial charge in [0.15, 0.2) is 0 Å². The van der Waals surface area contributed by atoms with E-state index in [0.717, 1.165) is 21.3 Å². The normalized spacial score (nSPS) is 16.0. The molecule has 0 aromatic heterocycles. The van der Waals surface area contributed by atoms with Crippen LogP contribution in [0.1, 0.15) is 32.4 Å². The number of nitrogens with zero attached hydrogens (tertiary/aromatic N) is 1. The number of anilines is 2. The van der Waals surface area contributed by atoms with Gasteiger partial charge in [-0.05, 0) is 79.1 Å². The zero-order chi connectivity index (χ0) is 21.3. The van der Waals surface area contributed by atoms with Gasteiger partial charge in [-0.25, -0.2) is 0 Å². The van der Waals surface area contributed by atoms with E-state index in [1.807, 2.05) is 53.4 Å². The zero-order valence-electron chi connectivity index (χ0n) is 16.7. The SMILES string of the molecule is Cc1ccc(N2C(=O)CSC2c2cccc(NC(=O)c3ccc(Br)cc3)c2)cc1C. The Morgan fingerprint density at radius 1 is 1.03 bits per heavy atom. The molecule has 1 fully saturated rings. The number of carbonyl (C=O) groups excluding carboxylic acids is 2. The molecule has 2 amide bonds. The van der Waals surface area contributed by atoms with Gasteiger partial charge in [-0.1, -0.05) is 34.1 Å². The van der Waals surface area contributed by atoms with Crippen molar-refractivity contribution >= 4 is 50.9 Å². The van der Waals surface area contributed by atoms with E-state index in [1.54, 1.807) is 23.9 Å². The maximum Gasteiger partial charge on any atom is 0.255 e. The fourth-order valence-electron chi connectivity index (χ4n) is 3.40. The summed E-state index contributed by atoms with van der Waals surface area (Å²) < 4.78 is 0.926. The molecule has 1 heterocycles. The van der Waals surface area contributed by atoms with Crippen LogP contribution >= 0.6 is 27.7 Å². The molecule has 0 saturated carbocycles. The van der Waals surface area contributed by atoms with E-state index in [0.29, 0.717) is 17.0 Å². The van der Waals surface area contributed by atoms with Crippen LogP contribution in [0.4, 0.5) is 11.4 Å². The van der Waals surface area contributed by atoms with E-state index in [4.69, 9.17) is 0 Å². The van der Waals surface area contributed by atoms with Crippen LogP contribution in [0.2, 0.25) is 0 Å². The number of carbonyl (C=O) groups is 2. The van der Waals surface area contributed by atoms with E-state index in [1.165, 1.54) is 5.56 Å². The van der Waals surface area contributed by atoms with Gasteiger partial charge in [0.1, 0.15) is 5.37 Å². The Morgan fingerprint density at radius 2 is 1.80 bits per heavy atom. The molecule has 1 N–H and O–H groups in total. The van der Waals surface area contributed by atoms with E-state index < -0.39 is 0 Å². The molecular weight excluding hydrogens is 460 g/mol. The first-order valence-electron chi connectivity index (χ1n) is 9.60. The molecule has 0 bridgehead atoms. The fourth-order valence-corrected chi connectivity index (χ4v) is 4.83. The second kappa shape index (κ2) is 8.66. The summed E-state index contributed by atoms with van der Waals surface area (Å²) in [6, 6.07) is 21.1. The van der Waals surface area contributed by atoms with Crippen molar-refractivity contribution in [3.05, 3.63) is 93.5 Å². The summed E-state index contributed by atoms with van der Waals surface area (Å²) in [5, 5.41) is 2.84. The number of thioether (sulfide) groups is 1. The molecule has 30 heavy (non-hydrogen) atoms. The Bertz CT molecular complexity index is 1110. The lowest BCUT2D eigenvalue weighted by Crippen LogP contribution is -2.28. The number of amides is 2. The highest BCUT2D eigenvalue weighted by Crippen LogP contribution is 2.42. The van der Waals surface area contributed by atoms with Crippen LogP contribution in [0.3, 0.4) is 0 Å². The van der Waals surface area contributed by atoms with Crippen LogP contribution in [0, 0.1) is 13.8 Å². The summed E-state index contributed by atoms with van der Waals surface area (Å²) in [7, 11) is 0. The summed E-state index contributed by atoms with van der Waals surface area (Å²) in [6.45, 7) is 4.12. The van der Waals surface area contributed by atoms with Gasteiger partial charge in [0.05, 0.1) is 5.75 Å². The summed E-state index contributed by atoms with van der Waals surface area (Å²) in [6.07, 6.45) is 0. The Hall–Kier alpha value is -2.57. The van der Waals surface area contributed by atoms with Crippen molar-refractivity contribution in [2.75, 3.05) is 16.0 Å². The molecule has 0 spiro atoms. The topological polar surface area (TPSA) is 49.4 Å². The fraction of sp³-hybridized carbons (Fsp3) is 0.167. The minimum Gasteiger partial charge on any atom is -0.322 e. The van der Waals surface area contributed by atoms with Gasteiger partial charge >= 0.3 is 0 Å². The number of hydrogen-bond donors (Lipinski definition) is 1. The molecule has 0 aliphatic carbocycles. The van der Waals surface area contributed by atoms with Crippen LogP contribution in [0.5, 0.6) is 0 Å². The molecule has 4 rings (SSSR count). The number of aryl methyl sites for hydroxylation is 2. The third-order valence-corrected chi connectivity index (χ3v) is 6.91. The van der Waals surface area contributed by atoms with Crippen molar-refractivity contribution in [3.63, 3.8) is 0 Å². The van der Waals surface area contributed by atoms with Crippen LogP contribution in [0.15, 0.2) is 71.2 Å². The number of halogens is 1. The van der Waals surface area contributed by atoms with Crippen molar-refractivity contribution in [2.45, 2.75) is 19.2 Å². The lowest BCUT2D eigenvalue weighted by atomic mass is 10.1. The van der Waals surface area contributed by atoms with Gasteiger partial charge in [0, 0.05) is 21.4 Å². The smallest absolute Gasteiger partial charge is 0.255 e. The molecule has 6 heteroatoms. The quantitative estimate of drug-likeness (QED) is 0.490. The summed E-state index contributed by atoms with van der Waals surface area (Å²) in [4.78, 5) is 27.1. The van der Waals surface area contributed by atoms with Crippen LogP contribution < -0.4 is 10.2 Å². The van der Waals surface area contributed by atoms with Crippen molar-refractivity contribution in [1.29, 1.82) is 0 Å². The van der Waals surface area contributed by atoms with Crippen molar-refractivity contribution < 1.29 is 9.59 Å². The third-order valence-electron chi connectivity index (χ3n) is 5.17. The van der Waals surface area contributed by atoms with Crippen LogP contribution in [-0.2, 0) is 4.79 Å². The molecule has 0 radical (unpaired) electrons. The molecule has 3 aromatic carbocycles. The predicted octanol–water partition coefficient (Wildman–Crippen LogP) is 6.10. The highest BCUT2D eigenvalue weighted by molar-refractivity contribution is 9.10. The van der Waals surface area contributed by atoms with Gasteiger partial charge in [-0.2, -0.15) is 0 Å². The molecule has 3 aromatic rings. The number of benzene rings is 3. The highest BCUT2D eigenvalue weighted by atomic mass is 79.9. The zero-order valence-corrected chi connectivity index (χ0v) is 19.1. The lowest BCUT2D eigenvalue weighted by molar-refractivity contribution is -0.115. The summed E-state index contributed by atoms with van der Waals surface area (Å²) in [5.74, 6) is 0.367. The van der Waals surface area contributed by atoms with Gasteiger partial charge in [0.25, 0.3) is 5.91 Å². The third kappa shape index (κ3) is 4.30. The molecule has 1 atom stereocenters. The number of hydrogen-bond acceptors (Lipinski definition) is 3. The maximum atomic E-state index is 12.7. The first kappa shape index (κ1) is 20.7. The molecular formula is C24H21BrN2O2S. The molecule has 4 nitrogen and oxygen atoms in total. The van der Waals surface area contributed by atoms with E-state index >= 15 is 0 Å². The molecule has 1 aliphatic heterocycles. The predicted molar refractivity (Wildman–Crippen MR) is 127 cm³/mol. The minimum atomic E-state index is -0.166. The highest BCUT2D eigenvalue weighted by Gasteiger charge is 2.34. The van der Waals surface area contributed by atoms with Crippen molar-refractivity contribution in [3.8, 4) is 0 Å². The van der Waals surface area contributed by atoms with Gasteiger partial charge in [-0.3, -0.25) is 14.5 Å². The largest absolute Gasteiger partial charge is 0.322 e. The van der Waals surface area contributed by atoms with Crippen molar-refractivity contribution in [1.82, 2.24) is 0 Å². The molecule has 1 unspecified atom stereocenters. The van der Waals surface area contributed by atoms with Crippen molar-refractivity contribution in [2.24, 2.45) is 0 Å². The molecule has 152 valence electrons. The first-order valence-corrected chi connectivity index (χ1v) is 11.4. The second-order valence-corrected chi connectivity index (χ2v) is 9.27. The number of nitrogens with one attached hydrogen (secondary N) is 1.